The van der Waals surface area contributed by atoms with Crippen molar-refractivity contribution in [2.75, 3.05) is 11.9 Å². The first-order valence-corrected chi connectivity index (χ1v) is 10.4. The standard InChI is InChI=1S/C26H19BrN2O3/c1-2-15-31-25-6-4-3-5-20(25)16-21(17-28)26(30)29-23-11-13-24(14-12-23)32-18-19-7-9-22(27)10-8-19/h1,3-14,16H,15,18H2,(H,29,30)/b21-16+. The molecule has 0 radical (unpaired) electrons. The lowest BCUT2D eigenvalue weighted by molar-refractivity contribution is -0.112. The zero-order valence-electron chi connectivity index (χ0n) is 17.0. The van der Waals surface area contributed by atoms with Crippen LogP contribution in [-0.2, 0) is 11.4 Å². The number of anilines is 1. The van der Waals surface area contributed by atoms with Crippen LogP contribution in [0.1, 0.15) is 11.1 Å². The number of terminal acetylenes is 1. The van der Waals surface area contributed by atoms with Gasteiger partial charge in [-0.1, -0.05) is 52.2 Å². The van der Waals surface area contributed by atoms with E-state index in [1.807, 2.05) is 30.3 Å². The maximum Gasteiger partial charge on any atom is 0.266 e. The maximum atomic E-state index is 12.6. The fourth-order valence-electron chi connectivity index (χ4n) is 2.73. The molecular formula is C26H19BrN2O3. The van der Waals surface area contributed by atoms with Crippen LogP contribution in [0.15, 0.2) is 82.8 Å². The van der Waals surface area contributed by atoms with Crippen molar-refractivity contribution in [1.82, 2.24) is 0 Å². The number of nitriles is 1. The fraction of sp³-hybridized carbons (Fsp3) is 0.0769. The number of ether oxygens (including phenoxy) is 2. The van der Waals surface area contributed by atoms with E-state index in [4.69, 9.17) is 15.9 Å². The Bertz CT molecular complexity index is 1190. The van der Waals surface area contributed by atoms with Gasteiger partial charge in [-0.15, -0.1) is 6.42 Å². The van der Waals surface area contributed by atoms with Crippen molar-refractivity contribution >= 4 is 33.6 Å². The lowest BCUT2D eigenvalue weighted by Crippen LogP contribution is -2.13. The summed E-state index contributed by atoms with van der Waals surface area (Å²) < 4.78 is 12.2. The molecule has 0 unspecified atom stereocenters. The summed E-state index contributed by atoms with van der Waals surface area (Å²) in [6, 6.07) is 23.8. The highest BCUT2D eigenvalue weighted by Gasteiger charge is 2.11. The van der Waals surface area contributed by atoms with Crippen LogP contribution in [-0.4, -0.2) is 12.5 Å². The molecule has 3 rings (SSSR count). The van der Waals surface area contributed by atoms with Gasteiger partial charge in [0.2, 0.25) is 0 Å². The first-order chi connectivity index (χ1) is 15.6. The van der Waals surface area contributed by atoms with Crippen LogP contribution in [0.3, 0.4) is 0 Å². The number of amides is 1. The minimum atomic E-state index is -0.525. The molecule has 0 aliphatic heterocycles. The van der Waals surface area contributed by atoms with Crippen molar-refractivity contribution in [2.24, 2.45) is 0 Å². The third-order valence-electron chi connectivity index (χ3n) is 4.33. The van der Waals surface area contributed by atoms with Gasteiger partial charge >= 0.3 is 0 Å². The Morgan fingerprint density at radius 2 is 1.75 bits per heavy atom. The van der Waals surface area contributed by atoms with Crippen molar-refractivity contribution in [3.05, 3.63) is 94.0 Å². The molecule has 3 aromatic rings. The van der Waals surface area contributed by atoms with Gasteiger partial charge in [-0.05, 0) is 54.1 Å². The molecule has 6 heteroatoms. The normalized spacial score (nSPS) is 10.5. The van der Waals surface area contributed by atoms with E-state index in [9.17, 15) is 10.1 Å². The molecule has 0 saturated carbocycles. The van der Waals surface area contributed by atoms with Gasteiger partial charge in [0.15, 0.2) is 0 Å². The molecule has 0 atom stereocenters. The summed E-state index contributed by atoms with van der Waals surface area (Å²) >= 11 is 3.40. The van der Waals surface area contributed by atoms with Crippen LogP contribution in [0.2, 0.25) is 0 Å². The second-order valence-electron chi connectivity index (χ2n) is 6.59. The van der Waals surface area contributed by atoms with Gasteiger partial charge in [-0.25, -0.2) is 0 Å². The van der Waals surface area contributed by atoms with Crippen molar-refractivity contribution in [3.8, 4) is 29.9 Å². The van der Waals surface area contributed by atoms with Gasteiger partial charge in [0, 0.05) is 15.7 Å². The summed E-state index contributed by atoms with van der Waals surface area (Å²) in [4.78, 5) is 12.6. The summed E-state index contributed by atoms with van der Waals surface area (Å²) in [5.41, 5.74) is 2.12. The van der Waals surface area contributed by atoms with Gasteiger partial charge in [-0.3, -0.25) is 4.79 Å². The van der Waals surface area contributed by atoms with E-state index in [1.54, 1.807) is 48.5 Å². The minimum absolute atomic E-state index is 0.0580. The Morgan fingerprint density at radius 3 is 2.44 bits per heavy atom. The monoisotopic (exact) mass is 486 g/mol. The Balaban J connectivity index is 1.64. The molecule has 32 heavy (non-hydrogen) atoms. The van der Waals surface area contributed by atoms with Crippen LogP contribution in [0.4, 0.5) is 5.69 Å². The van der Waals surface area contributed by atoms with Gasteiger partial charge in [-0.2, -0.15) is 5.26 Å². The van der Waals surface area contributed by atoms with E-state index in [0.717, 1.165) is 10.0 Å². The summed E-state index contributed by atoms with van der Waals surface area (Å²) in [5.74, 6) is 3.03. The molecule has 0 aliphatic carbocycles. The van der Waals surface area contributed by atoms with Gasteiger partial charge in [0.25, 0.3) is 5.91 Å². The zero-order chi connectivity index (χ0) is 22.8. The highest BCUT2D eigenvalue weighted by molar-refractivity contribution is 9.10. The number of halogens is 1. The van der Waals surface area contributed by atoms with E-state index in [1.165, 1.54) is 6.08 Å². The SMILES string of the molecule is C#CCOc1ccccc1/C=C(\C#N)C(=O)Nc1ccc(OCc2ccc(Br)cc2)cc1. The minimum Gasteiger partial charge on any atom is -0.489 e. The molecule has 1 amide bonds. The van der Waals surface area contributed by atoms with Crippen LogP contribution in [0.5, 0.6) is 11.5 Å². The average Bonchev–Trinajstić information content (AvgIpc) is 2.82. The molecular weight excluding hydrogens is 468 g/mol. The molecule has 1 N–H and O–H groups in total. The van der Waals surface area contributed by atoms with E-state index in [-0.39, 0.29) is 12.2 Å². The molecule has 0 aromatic heterocycles. The largest absolute Gasteiger partial charge is 0.489 e. The third-order valence-corrected chi connectivity index (χ3v) is 4.85. The number of para-hydroxylation sites is 1. The first-order valence-electron chi connectivity index (χ1n) is 9.65. The van der Waals surface area contributed by atoms with Crippen LogP contribution in [0, 0.1) is 23.7 Å². The first kappa shape index (κ1) is 22.7. The van der Waals surface area contributed by atoms with E-state index in [0.29, 0.717) is 29.4 Å². The molecule has 0 saturated heterocycles. The fourth-order valence-corrected chi connectivity index (χ4v) is 3.00. The summed E-state index contributed by atoms with van der Waals surface area (Å²) in [6.07, 6.45) is 6.70. The smallest absolute Gasteiger partial charge is 0.266 e. The maximum absolute atomic E-state index is 12.6. The van der Waals surface area contributed by atoms with Crippen molar-refractivity contribution < 1.29 is 14.3 Å². The molecule has 5 nitrogen and oxygen atoms in total. The summed E-state index contributed by atoms with van der Waals surface area (Å²) in [5, 5.41) is 12.2. The molecule has 0 spiro atoms. The third kappa shape index (κ3) is 6.50. The second-order valence-corrected chi connectivity index (χ2v) is 7.51. The van der Waals surface area contributed by atoms with Crippen molar-refractivity contribution in [1.29, 1.82) is 5.26 Å². The van der Waals surface area contributed by atoms with Crippen molar-refractivity contribution in [3.63, 3.8) is 0 Å². The highest BCUT2D eigenvalue weighted by atomic mass is 79.9. The highest BCUT2D eigenvalue weighted by Crippen LogP contribution is 2.22. The summed E-state index contributed by atoms with van der Waals surface area (Å²) in [7, 11) is 0. The number of hydrogen-bond donors (Lipinski definition) is 1. The molecule has 0 fully saturated rings. The summed E-state index contributed by atoms with van der Waals surface area (Å²) in [6.45, 7) is 0.524. The lowest BCUT2D eigenvalue weighted by atomic mass is 10.1. The number of rotatable bonds is 8. The second kappa shape index (κ2) is 11.4. The Labute approximate surface area is 195 Å². The van der Waals surface area contributed by atoms with Gasteiger partial charge in [0.1, 0.15) is 36.4 Å². The predicted molar refractivity (Wildman–Crippen MR) is 128 cm³/mol. The van der Waals surface area contributed by atoms with Crippen molar-refractivity contribution in [2.45, 2.75) is 6.61 Å². The number of hydrogen-bond acceptors (Lipinski definition) is 4. The number of carbonyl (C=O) groups excluding carboxylic acids is 1. The van der Waals surface area contributed by atoms with Gasteiger partial charge < -0.3 is 14.8 Å². The zero-order valence-corrected chi connectivity index (χ0v) is 18.6. The molecule has 0 bridgehead atoms. The quantitative estimate of drug-likeness (QED) is 0.256. The molecule has 3 aromatic carbocycles. The van der Waals surface area contributed by atoms with Crippen LogP contribution < -0.4 is 14.8 Å². The Hall–Kier alpha value is -4.00. The van der Waals surface area contributed by atoms with Crippen LogP contribution >= 0.6 is 15.9 Å². The van der Waals surface area contributed by atoms with E-state index < -0.39 is 5.91 Å². The number of nitrogens with zero attached hydrogens (tertiary/aromatic N) is 1. The average molecular weight is 487 g/mol. The molecule has 0 aliphatic rings. The van der Waals surface area contributed by atoms with Gasteiger partial charge in [0.05, 0.1) is 0 Å². The number of benzene rings is 3. The topological polar surface area (TPSA) is 71.3 Å². The molecule has 158 valence electrons. The number of carbonyl (C=O) groups is 1. The molecule has 0 heterocycles. The lowest BCUT2D eigenvalue weighted by Gasteiger charge is -2.09. The number of nitrogens with one attached hydrogen (secondary N) is 1. The predicted octanol–water partition coefficient (Wildman–Crippen LogP) is 5.59. The van der Waals surface area contributed by atoms with Crippen LogP contribution in [0.25, 0.3) is 6.08 Å². The Morgan fingerprint density at radius 1 is 1.03 bits per heavy atom. The van der Waals surface area contributed by atoms with E-state index >= 15 is 0 Å². The Kier molecular flexibility index (Phi) is 8.09. The van der Waals surface area contributed by atoms with E-state index in [2.05, 4.69) is 27.2 Å².